The Bertz CT molecular complexity index is 4160. The first-order valence-electron chi connectivity index (χ1n) is 31.6. The van der Waals surface area contributed by atoms with Gasteiger partial charge in [-0.3, -0.25) is 0 Å². The van der Waals surface area contributed by atoms with Gasteiger partial charge in [0.25, 0.3) is 6.71 Å². The summed E-state index contributed by atoms with van der Waals surface area (Å²) >= 11 is 0. The van der Waals surface area contributed by atoms with E-state index < -0.39 is 0 Å². The van der Waals surface area contributed by atoms with Crippen molar-refractivity contribution in [1.82, 2.24) is 0 Å². The van der Waals surface area contributed by atoms with Crippen LogP contribution in [0.15, 0.2) is 140 Å². The van der Waals surface area contributed by atoms with Gasteiger partial charge in [-0.1, -0.05) is 201 Å². The quantitative estimate of drug-likeness (QED) is 0.163. The molecule has 3 aliphatic heterocycles. The predicted molar refractivity (Wildman–Crippen MR) is 355 cm³/mol. The summed E-state index contributed by atoms with van der Waals surface area (Å²) in [6.45, 7) is 41.9. The van der Waals surface area contributed by atoms with Crippen molar-refractivity contribution in [2.45, 2.75) is 200 Å². The molecule has 1 fully saturated rings. The minimum absolute atomic E-state index is 0.00403. The summed E-state index contributed by atoms with van der Waals surface area (Å²) in [5.74, 6) is 0. The second kappa shape index (κ2) is 16.8. The van der Waals surface area contributed by atoms with Gasteiger partial charge in [0.2, 0.25) is 0 Å². The number of aryl methyl sites for hydroxylation is 2. The monoisotopic (exact) mass is 1090 g/mol. The molecule has 15 rings (SSSR count). The third-order valence-electron chi connectivity index (χ3n) is 23.4. The van der Waals surface area contributed by atoms with Crippen LogP contribution in [0.3, 0.4) is 0 Å². The van der Waals surface area contributed by atoms with Crippen molar-refractivity contribution < 1.29 is 0 Å². The summed E-state index contributed by atoms with van der Waals surface area (Å²) in [5.41, 5.74) is 33.7. The topological polar surface area (TPSA) is 9.72 Å². The zero-order chi connectivity index (χ0) is 58.2. The molecular weight excluding hydrogens is 1000 g/mol. The molecule has 8 aromatic rings. The lowest BCUT2D eigenvalue weighted by atomic mass is 9.33. The van der Waals surface area contributed by atoms with Gasteiger partial charge >= 0.3 is 0 Å². The highest BCUT2D eigenvalue weighted by molar-refractivity contribution is 7.00. The molecule has 0 radical (unpaired) electrons. The van der Waals surface area contributed by atoms with Crippen LogP contribution in [0, 0.1) is 13.8 Å². The van der Waals surface area contributed by atoms with Crippen LogP contribution >= 0.6 is 0 Å². The van der Waals surface area contributed by atoms with Crippen molar-refractivity contribution in [2.75, 3.05) is 14.7 Å². The van der Waals surface area contributed by atoms with E-state index in [4.69, 9.17) is 0 Å². The van der Waals surface area contributed by atoms with Gasteiger partial charge in [0.1, 0.15) is 0 Å². The Morgan fingerprint density at radius 3 is 1.66 bits per heavy atom. The van der Waals surface area contributed by atoms with Crippen LogP contribution in [0.1, 0.15) is 209 Å². The van der Waals surface area contributed by atoms with Crippen LogP contribution in [-0.2, 0) is 37.9 Å². The fraction of sp³-hybridized carbons (Fsp3) is 0.392. The molecule has 2 atom stereocenters. The Morgan fingerprint density at radius 1 is 0.410 bits per heavy atom. The summed E-state index contributed by atoms with van der Waals surface area (Å²) < 4.78 is 0. The van der Waals surface area contributed by atoms with E-state index in [0.29, 0.717) is 0 Å². The second-order valence-corrected chi connectivity index (χ2v) is 31.3. The van der Waals surface area contributed by atoms with E-state index in [-0.39, 0.29) is 50.2 Å². The first kappa shape index (κ1) is 53.0. The van der Waals surface area contributed by atoms with Crippen molar-refractivity contribution in [3.63, 3.8) is 0 Å². The molecular formula is C79H86BN3. The van der Waals surface area contributed by atoms with Crippen LogP contribution in [0.2, 0.25) is 0 Å². The Labute approximate surface area is 497 Å². The Kier molecular flexibility index (Phi) is 10.7. The van der Waals surface area contributed by atoms with Crippen LogP contribution in [-0.4, -0.2) is 12.3 Å². The number of hydrogen-bond donors (Lipinski definition) is 0. The number of nitrogens with zero attached hydrogens (tertiary/aromatic N) is 3. The van der Waals surface area contributed by atoms with E-state index in [0.717, 1.165) is 6.42 Å². The Morgan fingerprint density at radius 2 is 0.988 bits per heavy atom. The average Bonchev–Trinajstić information content (AvgIpc) is 1.66. The van der Waals surface area contributed by atoms with E-state index in [2.05, 4.69) is 272 Å². The van der Waals surface area contributed by atoms with Gasteiger partial charge in [0, 0.05) is 61.5 Å². The Hall–Kier alpha value is -6.78. The fourth-order valence-corrected chi connectivity index (χ4v) is 18.3. The maximum Gasteiger partial charge on any atom is 0.252 e. The number of anilines is 8. The first-order chi connectivity index (χ1) is 39.1. The van der Waals surface area contributed by atoms with Crippen LogP contribution < -0.4 is 31.1 Å². The minimum atomic E-state index is -0.246. The molecule has 4 aliphatic carbocycles. The van der Waals surface area contributed by atoms with E-state index >= 15 is 0 Å². The molecule has 0 aromatic heterocycles. The lowest BCUT2D eigenvalue weighted by molar-refractivity contribution is 0.195. The van der Waals surface area contributed by atoms with Gasteiger partial charge < -0.3 is 14.7 Å². The highest BCUT2D eigenvalue weighted by Gasteiger charge is 2.59. The molecule has 0 amide bonds. The zero-order valence-corrected chi connectivity index (χ0v) is 52.9. The molecule has 3 heterocycles. The lowest BCUT2D eigenvalue weighted by Crippen LogP contribution is -2.62. The minimum Gasteiger partial charge on any atom is -0.334 e. The predicted octanol–water partition coefficient (Wildman–Crippen LogP) is 19.0. The van der Waals surface area contributed by atoms with Crippen molar-refractivity contribution in [3.05, 3.63) is 206 Å². The summed E-state index contributed by atoms with van der Waals surface area (Å²) in [6.07, 6.45) is 7.18. The van der Waals surface area contributed by atoms with Crippen LogP contribution in [0.25, 0.3) is 11.1 Å². The van der Waals surface area contributed by atoms with Crippen molar-refractivity contribution in [1.29, 1.82) is 0 Å². The summed E-state index contributed by atoms with van der Waals surface area (Å²) in [7, 11) is 0. The molecule has 3 nitrogen and oxygen atoms in total. The van der Waals surface area contributed by atoms with Crippen molar-refractivity contribution in [2.24, 2.45) is 0 Å². The van der Waals surface area contributed by atoms with E-state index in [9.17, 15) is 0 Å². The molecule has 7 aliphatic rings. The molecule has 4 heteroatoms. The highest BCUT2D eigenvalue weighted by Crippen LogP contribution is 2.63. The van der Waals surface area contributed by atoms with E-state index in [1.807, 2.05) is 0 Å². The third-order valence-corrected chi connectivity index (χ3v) is 23.4. The largest absolute Gasteiger partial charge is 0.334 e. The van der Waals surface area contributed by atoms with Gasteiger partial charge in [-0.2, -0.15) is 0 Å². The molecule has 0 N–H and O–H groups in total. The zero-order valence-electron chi connectivity index (χ0n) is 52.9. The number of fused-ring (bicyclic) bond motifs is 13. The Balaban J connectivity index is 1.06. The molecule has 0 saturated heterocycles. The van der Waals surface area contributed by atoms with Gasteiger partial charge in [0.15, 0.2) is 0 Å². The molecule has 0 bridgehead atoms. The summed E-state index contributed by atoms with van der Waals surface area (Å²) in [4.78, 5) is 8.36. The van der Waals surface area contributed by atoms with Gasteiger partial charge in [0.05, 0.1) is 11.2 Å². The highest BCUT2D eigenvalue weighted by atomic mass is 15.3. The average molecular weight is 1090 g/mol. The SMILES string of the molecule is Cc1cc2c3c(c1)N(c1cccc4c1C(C)(C)c1ccccc1-4)c1cc(N4c5ccc(C(C)(C)C)cc5C5(C)CCCCC45C)ccc1B3c1cc3c(cc1N2c1cc2c(cc1C)C(C)(C)CCC2(C)C)C(C)(C)c1ccccc1C3(C)C. The van der Waals surface area contributed by atoms with E-state index in [1.165, 1.54) is 172 Å². The fourth-order valence-electron chi connectivity index (χ4n) is 18.3. The van der Waals surface area contributed by atoms with Gasteiger partial charge in [-0.05, 0) is 206 Å². The number of benzene rings is 8. The van der Waals surface area contributed by atoms with Crippen LogP contribution in [0.4, 0.5) is 45.5 Å². The maximum absolute atomic E-state index is 2.83. The van der Waals surface area contributed by atoms with Crippen LogP contribution in [0.5, 0.6) is 0 Å². The van der Waals surface area contributed by atoms with Gasteiger partial charge in [-0.15, -0.1) is 0 Å². The first-order valence-corrected chi connectivity index (χ1v) is 31.6. The molecule has 8 aromatic carbocycles. The maximum atomic E-state index is 2.83. The lowest BCUT2D eigenvalue weighted by Gasteiger charge is -2.51. The third kappa shape index (κ3) is 6.87. The van der Waals surface area contributed by atoms with Crippen molar-refractivity contribution >= 4 is 68.6 Å². The number of rotatable bonds is 3. The van der Waals surface area contributed by atoms with Gasteiger partial charge in [-0.25, -0.2) is 0 Å². The normalized spacial score (nSPS) is 22.7. The van der Waals surface area contributed by atoms with Crippen molar-refractivity contribution in [3.8, 4) is 11.1 Å². The molecule has 1 saturated carbocycles. The number of hydrogen-bond acceptors (Lipinski definition) is 3. The van der Waals surface area contributed by atoms with E-state index in [1.54, 1.807) is 0 Å². The molecule has 0 spiro atoms. The molecule has 420 valence electrons. The standard InChI is InChI=1S/C79H86BN3/c1-47-39-68-71-69(40-47)82(65-45-57-56(41-48(65)2)73(6,7)37-38-74(57,8)9)67-46-59-58(75(10,11)54-28-20-21-29-55(54)76(59,12)13)44-62(67)80(71)61-33-32-50(83-63-34-31-49(72(3,4)5)42-60(63)78(16)35-22-23-36-79(78,83)17)43-66(61)81(68)64-30-24-26-52-51-25-18-19-27-53(51)77(14,15)70(52)64/h18-21,24-34,39-46H,22-23,35-38H2,1-17H3. The molecule has 2 unspecified atom stereocenters. The summed E-state index contributed by atoms with van der Waals surface area (Å²) in [5, 5.41) is 0. The smallest absolute Gasteiger partial charge is 0.252 e. The second-order valence-electron chi connectivity index (χ2n) is 31.3. The summed E-state index contributed by atoms with van der Waals surface area (Å²) in [6, 6.07) is 56.8. The molecule has 83 heavy (non-hydrogen) atoms.